The maximum atomic E-state index is 5.53. The van der Waals surface area contributed by atoms with E-state index in [9.17, 15) is 0 Å². The van der Waals surface area contributed by atoms with E-state index >= 15 is 0 Å². The highest BCUT2D eigenvalue weighted by atomic mass is 35.5. The number of rotatable bonds is 3. The predicted octanol–water partition coefficient (Wildman–Crippen LogP) is 2.84. The third-order valence-electron chi connectivity index (χ3n) is 3.14. The van der Waals surface area contributed by atoms with Gasteiger partial charge in [-0.05, 0) is 31.0 Å². The highest BCUT2D eigenvalue weighted by Gasteiger charge is 2.23. The van der Waals surface area contributed by atoms with Crippen molar-refractivity contribution in [2.24, 2.45) is 0 Å². The van der Waals surface area contributed by atoms with Gasteiger partial charge in [0.1, 0.15) is 0 Å². The molecule has 0 N–H and O–H groups in total. The van der Waals surface area contributed by atoms with Gasteiger partial charge in [0.25, 0.3) is 0 Å². The molecule has 1 aliphatic rings. The van der Waals surface area contributed by atoms with Crippen molar-refractivity contribution in [3.63, 3.8) is 0 Å². The van der Waals surface area contributed by atoms with Crippen LogP contribution in [0.1, 0.15) is 11.1 Å². The Balaban J connectivity index is 2.00. The monoisotopic (exact) mass is 221 g/mol. The van der Waals surface area contributed by atoms with E-state index < -0.39 is 0 Å². The second-order valence-electron chi connectivity index (χ2n) is 4.13. The lowest BCUT2D eigenvalue weighted by atomic mass is 10.1. The third kappa shape index (κ3) is 2.42. The Bertz CT molecular complexity index is 334. The number of halogens is 1. The van der Waals surface area contributed by atoms with Gasteiger partial charge in [-0.15, -0.1) is 0 Å². The molecule has 0 heterocycles. The Labute approximate surface area is 96.4 Å². The molecule has 0 bridgehead atoms. The molecule has 1 aromatic rings. The molecule has 0 unspecified atom stereocenters. The van der Waals surface area contributed by atoms with Crippen LogP contribution in [0, 0.1) is 0 Å². The van der Waals surface area contributed by atoms with Gasteiger partial charge in [0.15, 0.2) is 0 Å². The molecule has 0 saturated heterocycles. The molecule has 1 aliphatic carbocycles. The van der Waals surface area contributed by atoms with Crippen LogP contribution in [0.5, 0.6) is 0 Å². The molecule has 15 heavy (non-hydrogen) atoms. The first-order chi connectivity index (χ1) is 7.31. The fourth-order valence-corrected chi connectivity index (χ4v) is 2.28. The summed E-state index contributed by atoms with van der Waals surface area (Å²) in [4.78, 5) is 2.36. The van der Waals surface area contributed by atoms with Crippen molar-refractivity contribution >= 4 is 11.6 Å². The Kier molecular flexibility index (Phi) is 3.45. The Morgan fingerprint density at radius 3 is 2.47 bits per heavy atom. The molecule has 1 aromatic carbocycles. The molecule has 0 spiro atoms. The molecule has 0 radical (unpaired) electrons. The molecule has 2 rings (SSSR count). The van der Waals surface area contributed by atoms with Crippen molar-refractivity contribution in [2.75, 3.05) is 13.6 Å². The van der Waals surface area contributed by atoms with Gasteiger partial charge >= 0.3 is 0 Å². The molecular formula is C13H16ClN. The van der Waals surface area contributed by atoms with Gasteiger partial charge in [-0.25, -0.2) is 0 Å². The molecular weight excluding hydrogens is 206 g/mol. The molecule has 80 valence electrons. The van der Waals surface area contributed by atoms with E-state index in [1.54, 1.807) is 5.54 Å². The number of fused-ring (bicyclic) bond motifs is 1. The summed E-state index contributed by atoms with van der Waals surface area (Å²) < 4.78 is 0. The summed E-state index contributed by atoms with van der Waals surface area (Å²) in [6.45, 7) is 0.933. The van der Waals surface area contributed by atoms with Crippen LogP contribution in [-0.4, -0.2) is 24.5 Å². The van der Waals surface area contributed by atoms with Crippen molar-refractivity contribution in [3.05, 3.63) is 47.0 Å². The fourth-order valence-electron chi connectivity index (χ4n) is 2.20. The van der Waals surface area contributed by atoms with Gasteiger partial charge < -0.3 is 0 Å². The fraction of sp³-hybridized carbons (Fsp3) is 0.385. The summed E-state index contributed by atoms with van der Waals surface area (Å²) in [6.07, 6.45) is 4.33. The molecule has 0 aliphatic heterocycles. The molecule has 0 fully saturated rings. The summed E-state index contributed by atoms with van der Waals surface area (Å²) in [5, 5.41) is 0. The van der Waals surface area contributed by atoms with Gasteiger partial charge in [0.05, 0.1) is 0 Å². The Morgan fingerprint density at radius 1 is 1.33 bits per heavy atom. The van der Waals surface area contributed by atoms with Crippen LogP contribution in [0.25, 0.3) is 0 Å². The smallest absolute Gasteiger partial charge is 0.0176 e. The van der Waals surface area contributed by atoms with E-state index in [1.807, 2.05) is 6.08 Å². The van der Waals surface area contributed by atoms with Crippen molar-refractivity contribution in [2.45, 2.75) is 18.9 Å². The summed E-state index contributed by atoms with van der Waals surface area (Å²) in [5.74, 6) is 0. The molecule has 2 heteroatoms. The van der Waals surface area contributed by atoms with Crippen LogP contribution in [0.2, 0.25) is 0 Å². The van der Waals surface area contributed by atoms with Gasteiger partial charge in [0.2, 0.25) is 0 Å². The van der Waals surface area contributed by atoms with Crippen LogP contribution in [-0.2, 0) is 12.8 Å². The lowest BCUT2D eigenvalue weighted by Crippen LogP contribution is -2.32. The van der Waals surface area contributed by atoms with Crippen molar-refractivity contribution in [1.82, 2.24) is 4.90 Å². The minimum Gasteiger partial charge on any atom is -0.299 e. The Morgan fingerprint density at radius 2 is 1.93 bits per heavy atom. The lowest BCUT2D eigenvalue weighted by Gasteiger charge is -2.22. The quantitative estimate of drug-likeness (QED) is 0.759. The van der Waals surface area contributed by atoms with Gasteiger partial charge in [0, 0.05) is 18.1 Å². The van der Waals surface area contributed by atoms with E-state index in [4.69, 9.17) is 11.6 Å². The van der Waals surface area contributed by atoms with Gasteiger partial charge in [-0.2, -0.15) is 0 Å². The third-order valence-corrected chi connectivity index (χ3v) is 3.31. The first-order valence-electron chi connectivity index (χ1n) is 5.33. The van der Waals surface area contributed by atoms with E-state index in [-0.39, 0.29) is 0 Å². The average molecular weight is 222 g/mol. The largest absolute Gasteiger partial charge is 0.299 e. The first kappa shape index (κ1) is 10.7. The van der Waals surface area contributed by atoms with Crippen molar-refractivity contribution in [1.29, 1.82) is 0 Å². The van der Waals surface area contributed by atoms with E-state index in [0.717, 1.165) is 6.54 Å². The summed E-state index contributed by atoms with van der Waals surface area (Å²) in [5.41, 5.74) is 4.60. The van der Waals surface area contributed by atoms with E-state index in [0.29, 0.717) is 6.04 Å². The molecule has 0 aromatic heterocycles. The topological polar surface area (TPSA) is 3.24 Å². The molecule has 1 nitrogen and oxygen atoms in total. The first-order valence-corrected chi connectivity index (χ1v) is 5.77. The van der Waals surface area contributed by atoms with Crippen molar-refractivity contribution < 1.29 is 0 Å². The van der Waals surface area contributed by atoms with Crippen LogP contribution in [0.3, 0.4) is 0 Å². The summed E-state index contributed by atoms with van der Waals surface area (Å²) >= 11 is 5.53. The van der Waals surface area contributed by atoms with Crippen LogP contribution < -0.4 is 0 Å². The van der Waals surface area contributed by atoms with E-state index in [2.05, 4.69) is 36.2 Å². The number of hydrogen-bond donors (Lipinski definition) is 0. The van der Waals surface area contributed by atoms with Gasteiger partial charge in [-0.1, -0.05) is 41.9 Å². The minimum atomic E-state index is 0.635. The second kappa shape index (κ2) is 4.82. The molecule has 0 atom stereocenters. The summed E-state index contributed by atoms with van der Waals surface area (Å²) in [6, 6.07) is 9.36. The average Bonchev–Trinajstić information content (AvgIpc) is 2.69. The van der Waals surface area contributed by atoms with Crippen LogP contribution >= 0.6 is 11.6 Å². The van der Waals surface area contributed by atoms with Gasteiger partial charge in [-0.3, -0.25) is 4.90 Å². The van der Waals surface area contributed by atoms with Crippen LogP contribution in [0.15, 0.2) is 35.9 Å². The predicted molar refractivity (Wildman–Crippen MR) is 65.3 cm³/mol. The molecule has 0 amide bonds. The Hall–Kier alpha value is -0.790. The zero-order chi connectivity index (χ0) is 10.7. The number of likely N-dealkylation sites (N-methyl/N-ethyl adjacent to an activating group) is 1. The summed E-state index contributed by atoms with van der Waals surface area (Å²) in [7, 11) is 2.16. The minimum absolute atomic E-state index is 0.635. The van der Waals surface area contributed by atoms with E-state index in [1.165, 1.54) is 24.0 Å². The SMILES string of the molecule is CN(CC=CCl)C1Cc2ccccc2C1. The van der Waals surface area contributed by atoms with Crippen molar-refractivity contribution in [3.8, 4) is 0 Å². The zero-order valence-corrected chi connectivity index (χ0v) is 9.74. The highest BCUT2D eigenvalue weighted by Crippen LogP contribution is 2.24. The molecule has 0 saturated carbocycles. The maximum Gasteiger partial charge on any atom is 0.0176 e. The second-order valence-corrected chi connectivity index (χ2v) is 4.38. The normalized spacial score (nSPS) is 16.5. The maximum absolute atomic E-state index is 5.53. The lowest BCUT2D eigenvalue weighted by molar-refractivity contribution is 0.275. The number of benzene rings is 1. The number of nitrogens with zero attached hydrogens (tertiary/aromatic N) is 1. The zero-order valence-electron chi connectivity index (χ0n) is 8.99. The highest BCUT2D eigenvalue weighted by molar-refractivity contribution is 6.25. The standard InChI is InChI=1S/C13H16ClN/c1-15(8-4-7-14)13-9-11-5-2-3-6-12(11)10-13/h2-7,13H,8-10H2,1H3. The van der Waals surface area contributed by atoms with Crippen LogP contribution in [0.4, 0.5) is 0 Å². The number of hydrogen-bond acceptors (Lipinski definition) is 1.